The number of fused-ring (bicyclic) bond motifs is 2. The summed E-state index contributed by atoms with van der Waals surface area (Å²) in [5.74, 6) is -0.789. The van der Waals surface area contributed by atoms with Crippen LogP contribution in [0.1, 0.15) is 66.3 Å². The molecule has 0 aromatic carbocycles. The maximum atomic E-state index is 13.1. The second-order valence-corrected chi connectivity index (χ2v) is 10.9. The lowest BCUT2D eigenvalue weighted by atomic mass is 10.0. The van der Waals surface area contributed by atoms with Gasteiger partial charge in [-0.05, 0) is 40.0 Å². The van der Waals surface area contributed by atoms with Crippen molar-refractivity contribution in [2.75, 3.05) is 17.6 Å². The minimum Gasteiger partial charge on any atom is -0.368 e. The van der Waals surface area contributed by atoms with Crippen molar-refractivity contribution in [2.45, 2.75) is 95.5 Å². The van der Waals surface area contributed by atoms with Gasteiger partial charge in [-0.1, -0.05) is 37.2 Å². The molecule has 0 spiro atoms. The lowest BCUT2D eigenvalue weighted by Gasteiger charge is -2.23. The number of nitrogens with two attached hydrogens (primary N) is 1. The molecule has 4 rings (SSSR count). The minimum atomic E-state index is -0.873. The van der Waals surface area contributed by atoms with Crippen molar-refractivity contribution in [3.05, 3.63) is 0 Å². The van der Waals surface area contributed by atoms with Crippen molar-refractivity contribution in [3.8, 4) is 0 Å². The average molecular weight is 521 g/mol. The van der Waals surface area contributed by atoms with Gasteiger partial charge >= 0.3 is 0 Å². The lowest BCUT2D eigenvalue weighted by Crippen LogP contribution is -2.46. The number of hydrogen-bond acceptors (Lipinski definition) is 10. The zero-order valence-electron chi connectivity index (χ0n) is 21.5. The molecule has 2 fully saturated rings. The Kier molecular flexibility index (Phi) is 8.00. The Morgan fingerprint density at radius 1 is 1.22 bits per heavy atom. The zero-order valence-corrected chi connectivity index (χ0v) is 22.3. The lowest BCUT2D eigenvalue weighted by molar-refractivity contribution is -0.163. The Morgan fingerprint density at radius 2 is 1.97 bits per heavy atom. The molecule has 2 aromatic rings. The molecule has 13 heteroatoms. The van der Waals surface area contributed by atoms with Crippen LogP contribution in [-0.2, 0) is 19.1 Å². The molecule has 2 aliphatic rings. The van der Waals surface area contributed by atoms with Crippen molar-refractivity contribution in [3.63, 3.8) is 0 Å². The Labute approximate surface area is 214 Å². The van der Waals surface area contributed by atoms with E-state index in [2.05, 4.69) is 34.8 Å². The first kappa shape index (κ1) is 26.6. The van der Waals surface area contributed by atoms with E-state index >= 15 is 0 Å². The molecule has 1 saturated heterocycles. The summed E-state index contributed by atoms with van der Waals surface area (Å²) in [6.45, 7) is 10.2. The third-order valence-corrected chi connectivity index (χ3v) is 7.49. The van der Waals surface area contributed by atoms with Gasteiger partial charge in [0.15, 0.2) is 27.9 Å². The first-order valence-corrected chi connectivity index (χ1v) is 13.6. The van der Waals surface area contributed by atoms with E-state index < -0.39 is 35.9 Å². The van der Waals surface area contributed by atoms with Gasteiger partial charge < -0.3 is 25.8 Å². The predicted molar refractivity (Wildman–Crippen MR) is 135 cm³/mol. The maximum Gasteiger partial charge on any atom is 0.239 e. The Bertz CT molecular complexity index is 1110. The third-order valence-electron chi connectivity index (χ3n) is 6.43. The highest BCUT2D eigenvalue weighted by Crippen LogP contribution is 2.47. The van der Waals surface area contributed by atoms with Crippen LogP contribution in [-0.4, -0.2) is 73.1 Å². The standard InChI is InChI=1S/C23H36N8O4S/c1-6-8-9-25-19-15-20(28-22(27-19)36-10-7-2)31(30-29-15)14-11-13(21(33)26-12(3)18(24)32)16-17(14)35-23(4,5)34-16/h12-14,16-17H,6-11H2,1-5H3,(H2,24,32)(H,26,33)(H,25,27,28)/t12?,13-,14+,16+,17-/m0/s1. The van der Waals surface area contributed by atoms with Gasteiger partial charge in [-0.15, -0.1) is 5.10 Å². The predicted octanol–water partition coefficient (Wildman–Crippen LogP) is 2.01. The van der Waals surface area contributed by atoms with E-state index in [0.717, 1.165) is 31.6 Å². The molecule has 36 heavy (non-hydrogen) atoms. The molecule has 2 amide bonds. The van der Waals surface area contributed by atoms with Crippen LogP contribution in [0.3, 0.4) is 0 Å². The number of primary amides is 1. The number of rotatable bonds is 11. The van der Waals surface area contributed by atoms with Crippen LogP contribution in [0, 0.1) is 5.92 Å². The molecule has 1 aliphatic heterocycles. The highest BCUT2D eigenvalue weighted by molar-refractivity contribution is 7.99. The van der Waals surface area contributed by atoms with Crippen molar-refractivity contribution in [1.29, 1.82) is 0 Å². The first-order chi connectivity index (χ1) is 17.1. The quantitative estimate of drug-likeness (QED) is 0.227. The molecule has 12 nitrogen and oxygen atoms in total. The highest BCUT2D eigenvalue weighted by atomic mass is 32.2. The number of carbonyl (C=O) groups is 2. The van der Waals surface area contributed by atoms with Gasteiger partial charge in [0.2, 0.25) is 11.8 Å². The molecule has 1 unspecified atom stereocenters. The molecular formula is C23H36N8O4S. The highest BCUT2D eigenvalue weighted by Gasteiger charge is 2.57. The van der Waals surface area contributed by atoms with E-state index in [4.69, 9.17) is 25.2 Å². The van der Waals surface area contributed by atoms with Gasteiger partial charge in [-0.3, -0.25) is 9.59 Å². The number of amides is 2. The second-order valence-electron chi connectivity index (χ2n) is 9.80. The first-order valence-electron chi connectivity index (χ1n) is 12.6. The van der Waals surface area contributed by atoms with Crippen molar-refractivity contribution in [2.24, 2.45) is 11.7 Å². The molecule has 3 heterocycles. The van der Waals surface area contributed by atoms with Crippen molar-refractivity contribution >= 4 is 40.6 Å². The molecule has 1 saturated carbocycles. The van der Waals surface area contributed by atoms with E-state index in [1.165, 1.54) is 0 Å². The van der Waals surface area contributed by atoms with Crippen LogP contribution in [0.4, 0.5) is 5.82 Å². The van der Waals surface area contributed by atoms with E-state index in [-0.39, 0.29) is 11.9 Å². The SMILES string of the molecule is CCCCNc1nc(SCCC)nc2c1nnn2[C@@H]1C[C@H](C(=O)NC(C)C(N)=O)[C@H]2OC(C)(C)O[C@H]21. The molecule has 198 valence electrons. The minimum absolute atomic E-state index is 0.305. The summed E-state index contributed by atoms with van der Waals surface area (Å²) >= 11 is 1.58. The monoisotopic (exact) mass is 520 g/mol. The van der Waals surface area contributed by atoms with Gasteiger partial charge in [-0.25, -0.2) is 14.6 Å². The summed E-state index contributed by atoms with van der Waals surface area (Å²) in [5.41, 5.74) is 6.52. The normalized spacial score (nSPS) is 25.6. The number of unbranched alkanes of at least 4 members (excludes halogenated alkanes) is 1. The Morgan fingerprint density at radius 3 is 2.67 bits per heavy atom. The van der Waals surface area contributed by atoms with E-state index in [1.54, 1.807) is 23.4 Å². The molecule has 4 N–H and O–H groups in total. The number of thioether (sulfide) groups is 1. The largest absolute Gasteiger partial charge is 0.368 e. The Balaban J connectivity index is 1.69. The van der Waals surface area contributed by atoms with Crippen molar-refractivity contribution in [1.82, 2.24) is 30.3 Å². The van der Waals surface area contributed by atoms with E-state index in [9.17, 15) is 9.59 Å². The smallest absolute Gasteiger partial charge is 0.239 e. The summed E-state index contributed by atoms with van der Waals surface area (Å²) in [4.78, 5) is 34.1. The summed E-state index contributed by atoms with van der Waals surface area (Å²) in [6, 6.07) is -1.14. The number of anilines is 1. The molecule has 0 radical (unpaired) electrons. The van der Waals surface area contributed by atoms with Crippen LogP contribution >= 0.6 is 11.8 Å². The Hall–Kier alpha value is -2.51. The van der Waals surface area contributed by atoms with Gasteiger partial charge in [-0.2, -0.15) is 0 Å². The number of aromatic nitrogens is 5. The van der Waals surface area contributed by atoms with E-state index in [1.807, 2.05) is 13.8 Å². The fourth-order valence-corrected chi connectivity index (χ4v) is 5.33. The maximum absolute atomic E-state index is 13.1. The van der Waals surface area contributed by atoms with Gasteiger partial charge in [0.1, 0.15) is 18.2 Å². The van der Waals surface area contributed by atoms with Crippen LogP contribution in [0.15, 0.2) is 5.16 Å². The number of nitrogens with one attached hydrogen (secondary N) is 2. The fraction of sp³-hybridized carbons (Fsp3) is 0.739. The van der Waals surface area contributed by atoms with Crippen LogP contribution in [0.5, 0.6) is 0 Å². The van der Waals surface area contributed by atoms with Gasteiger partial charge in [0.05, 0.1) is 12.0 Å². The molecule has 0 bridgehead atoms. The number of hydrogen-bond donors (Lipinski definition) is 3. The third kappa shape index (κ3) is 5.42. The molecular weight excluding hydrogens is 484 g/mol. The summed E-state index contributed by atoms with van der Waals surface area (Å²) in [7, 11) is 0. The van der Waals surface area contributed by atoms with Crippen molar-refractivity contribution < 1.29 is 19.1 Å². The van der Waals surface area contributed by atoms with Crippen LogP contribution < -0.4 is 16.4 Å². The zero-order chi connectivity index (χ0) is 26.0. The number of carbonyl (C=O) groups excluding carboxylic acids is 2. The van der Waals surface area contributed by atoms with E-state index in [0.29, 0.717) is 28.6 Å². The topological polar surface area (TPSA) is 159 Å². The van der Waals surface area contributed by atoms with Crippen LogP contribution in [0.25, 0.3) is 11.2 Å². The molecule has 2 aromatic heterocycles. The molecule has 5 atom stereocenters. The number of ether oxygens (including phenoxy) is 2. The van der Waals surface area contributed by atoms with Gasteiger partial charge in [0, 0.05) is 12.3 Å². The second kappa shape index (κ2) is 10.9. The summed E-state index contributed by atoms with van der Waals surface area (Å²) < 4.78 is 14.1. The summed E-state index contributed by atoms with van der Waals surface area (Å²) in [6.07, 6.45) is 2.49. The number of nitrogens with zero attached hydrogens (tertiary/aromatic N) is 5. The summed E-state index contributed by atoms with van der Waals surface area (Å²) in [5, 5.41) is 15.6. The molecule has 1 aliphatic carbocycles. The average Bonchev–Trinajstić information content (AvgIpc) is 3.48. The van der Waals surface area contributed by atoms with Crippen LogP contribution in [0.2, 0.25) is 0 Å². The fourth-order valence-electron chi connectivity index (χ4n) is 4.64. The van der Waals surface area contributed by atoms with Gasteiger partial charge in [0.25, 0.3) is 0 Å².